The third-order valence-corrected chi connectivity index (χ3v) is 4.05. The standard InChI is InChI=1S/C15H16F2N2O2/c1-9-8-15(21,14(16)17)19(18-9)13(20)12-7-11(12)10-5-3-2-4-6-10/h2-6,11-12,14,21H,7-8H2,1H3/t11-,12+,15-/m1/s1. The van der Waals surface area contributed by atoms with Gasteiger partial charge in [-0.05, 0) is 24.8 Å². The lowest BCUT2D eigenvalue weighted by Gasteiger charge is -2.30. The minimum absolute atomic E-state index is 0.0247. The first kappa shape index (κ1) is 14.1. The van der Waals surface area contributed by atoms with Crippen molar-refractivity contribution in [2.75, 3.05) is 0 Å². The van der Waals surface area contributed by atoms with Gasteiger partial charge in [-0.1, -0.05) is 30.3 Å². The van der Waals surface area contributed by atoms with Crippen molar-refractivity contribution in [2.45, 2.75) is 37.8 Å². The first-order valence-corrected chi connectivity index (χ1v) is 6.87. The molecule has 1 saturated carbocycles. The van der Waals surface area contributed by atoms with Crippen LogP contribution in [0.4, 0.5) is 8.78 Å². The van der Waals surface area contributed by atoms with E-state index in [1.165, 1.54) is 6.92 Å². The first-order valence-electron chi connectivity index (χ1n) is 6.87. The Morgan fingerprint density at radius 3 is 2.71 bits per heavy atom. The molecular weight excluding hydrogens is 278 g/mol. The molecule has 0 radical (unpaired) electrons. The maximum atomic E-state index is 13.1. The fourth-order valence-corrected chi connectivity index (χ4v) is 2.85. The first-order chi connectivity index (χ1) is 9.93. The van der Waals surface area contributed by atoms with E-state index in [1.54, 1.807) is 0 Å². The van der Waals surface area contributed by atoms with Gasteiger partial charge in [0.2, 0.25) is 11.6 Å². The molecule has 1 aromatic carbocycles. The van der Waals surface area contributed by atoms with Gasteiger partial charge in [-0.15, -0.1) is 0 Å². The molecule has 1 aromatic rings. The van der Waals surface area contributed by atoms with Crippen LogP contribution in [0.1, 0.15) is 31.2 Å². The van der Waals surface area contributed by atoms with E-state index in [1.807, 2.05) is 30.3 Å². The average molecular weight is 294 g/mol. The molecule has 1 N–H and O–H groups in total. The van der Waals surface area contributed by atoms with Crippen LogP contribution in [-0.2, 0) is 4.79 Å². The molecule has 0 aromatic heterocycles. The largest absolute Gasteiger partial charge is 0.364 e. The number of alkyl halides is 2. The second kappa shape index (κ2) is 4.87. The normalized spacial score (nSPS) is 31.5. The number of hydrogen-bond acceptors (Lipinski definition) is 3. The van der Waals surface area contributed by atoms with Crippen LogP contribution >= 0.6 is 0 Å². The van der Waals surface area contributed by atoms with Crippen molar-refractivity contribution in [3.05, 3.63) is 35.9 Å². The molecule has 21 heavy (non-hydrogen) atoms. The predicted molar refractivity (Wildman–Crippen MR) is 72.8 cm³/mol. The Morgan fingerprint density at radius 2 is 2.10 bits per heavy atom. The summed E-state index contributed by atoms with van der Waals surface area (Å²) < 4.78 is 26.2. The average Bonchev–Trinajstić information content (AvgIpc) is 3.19. The van der Waals surface area contributed by atoms with Gasteiger partial charge >= 0.3 is 0 Å². The van der Waals surface area contributed by atoms with Crippen LogP contribution in [0.25, 0.3) is 0 Å². The lowest BCUT2D eigenvalue weighted by Crippen LogP contribution is -2.52. The number of carbonyl (C=O) groups is 1. The minimum atomic E-state index is -3.04. The van der Waals surface area contributed by atoms with Gasteiger partial charge in [0.25, 0.3) is 6.43 Å². The van der Waals surface area contributed by atoms with E-state index in [0.717, 1.165) is 5.56 Å². The predicted octanol–water partition coefficient (Wildman–Crippen LogP) is 2.35. The number of benzene rings is 1. The van der Waals surface area contributed by atoms with Crippen LogP contribution in [0.3, 0.4) is 0 Å². The molecule has 6 heteroatoms. The molecule has 1 fully saturated rings. The summed E-state index contributed by atoms with van der Waals surface area (Å²) in [5.41, 5.74) is -1.15. The topological polar surface area (TPSA) is 52.9 Å². The van der Waals surface area contributed by atoms with Crippen molar-refractivity contribution >= 4 is 11.6 Å². The number of carbonyl (C=O) groups excluding carboxylic acids is 1. The highest BCUT2D eigenvalue weighted by Crippen LogP contribution is 2.50. The van der Waals surface area contributed by atoms with Gasteiger partial charge in [-0.3, -0.25) is 4.79 Å². The number of hydrogen-bond donors (Lipinski definition) is 1. The summed E-state index contributed by atoms with van der Waals surface area (Å²) in [6.45, 7) is 1.53. The summed E-state index contributed by atoms with van der Waals surface area (Å²) >= 11 is 0. The van der Waals surface area contributed by atoms with Gasteiger partial charge in [-0.25, -0.2) is 8.78 Å². The second-order valence-corrected chi connectivity index (χ2v) is 5.70. The summed E-state index contributed by atoms with van der Waals surface area (Å²) in [5, 5.41) is 14.5. The maximum absolute atomic E-state index is 13.1. The summed E-state index contributed by atoms with van der Waals surface area (Å²) in [5.74, 6) is -0.882. The molecular formula is C15H16F2N2O2. The highest BCUT2D eigenvalue weighted by atomic mass is 19.3. The zero-order valence-corrected chi connectivity index (χ0v) is 11.5. The van der Waals surface area contributed by atoms with E-state index in [2.05, 4.69) is 5.10 Å². The highest BCUT2D eigenvalue weighted by molar-refractivity contribution is 5.91. The van der Waals surface area contributed by atoms with E-state index in [9.17, 15) is 18.7 Å². The van der Waals surface area contributed by atoms with E-state index >= 15 is 0 Å². The Hall–Kier alpha value is -1.82. The van der Waals surface area contributed by atoms with Crippen LogP contribution in [0.5, 0.6) is 0 Å². The van der Waals surface area contributed by atoms with Gasteiger partial charge in [0.05, 0.1) is 0 Å². The van der Waals surface area contributed by atoms with Crippen LogP contribution < -0.4 is 0 Å². The molecule has 1 aliphatic heterocycles. The maximum Gasteiger partial charge on any atom is 0.287 e. The summed E-state index contributed by atoms with van der Waals surface area (Å²) in [6.07, 6.45) is -2.75. The molecule has 1 aliphatic carbocycles. The number of aliphatic hydroxyl groups is 1. The molecule has 112 valence electrons. The van der Waals surface area contributed by atoms with Gasteiger partial charge in [-0.2, -0.15) is 10.1 Å². The molecule has 4 nitrogen and oxygen atoms in total. The Kier molecular flexibility index (Phi) is 3.28. The lowest BCUT2D eigenvalue weighted by molar-refractivity contribution is -0.193. The van der Waals surface area contributed by atoms with Crippen molar-refractivity contribution in [1.82, 2.24) is 5.01 Å². The van der Waals surface area contributed by atoms with Gasteiger partial charge in [0.15, 0.2) is 0 Å². The summed E-state index contributed by atoms with van der Waals surface area (Å²) in [4.78, 5) is 12.4. The SMILES string of the molecule is CC1=NN(C(=O)[C@H]2C[C@@H]2c2ccccc2)[C@](O)(C(F)F)C1. The fourth-order valence-electron chi connectivity index (χ4n) is 2.85. The van der Waals surface area contributed by atoms with Gasteiger partial charge in [0.1, 0.15) is 0 Å². The van der Waals surface area contributed by atoms with E-state index in [4.69, 9.17) is 0 Å². The van der Waals surface area contributed by atoms with E-state index in [0.29, 0.717) is 17.1 Å². The zero-order chi connectivity index (χ0) is 15.2. The fraction of sp³-hybridized carbons (Fsp3) is 0.467. The van der Waals surface area contributed by atoms with E-state index < -0.39 is 18.1 Å². The van der Waals surface area contributed by atoms with E-state index in [-0.39, 0.29) is 18.3 Å². The van der Waals surface area contributed by atoms with Crippen LogP contribution in [0, 0.1) is 5.92 Å². The molecule has 0 unspecified atom stereocenters. The molecule has 1 heterocycles. The Balaban J connectivity index is 1.77. The molecule has 0 bridgehead atoms. The molecule has 3 atom stereocenters. The van der Waals surface area contributed by atoms with Crippen molar-refractivity contribution in [3.8, 4) is 0 Å². The number of rotatable bonds is 3. The summed E-state index contributed by atoms with van der Waals surface area (Å²) in [7, 11) is 0. The molecule has 1 amide bonds. The Morgan fingerprint density at radius 1 is 1.43 bits per heavy atom. The quantitative estimate of drug-likeness (QED) is 0.930. The van der Waals surface area contributed by atoms with Crippen molar-refractivity contribution in [1.29, 1.82) is 0 Å². The number of nitrogens with zero attached hydrogens (tertiary/aromatic N) is 2. The number of amides is 1. The monoisotopic (exact) mass is 294 g/mol. The minimum Gasteiger partial charge on any atom is -0.364 e. The lowest BCUT2D eigenvalue weighted by atomic mass is 10.1. The van der Waals surface area contributed by atoms with Crippen LogP contribution in [-0.4, -0.2) is 33.9 Å². The summed E-state index contributed by atoms with van der Waals surface area (Å²) in [6, 6.07) is 9.46. The zero-order valence-electron chi connectivity index (χ0n) is 11.5. The van der Waals surface area contributed by atoms with Gasteiger partial charge < -0.3 is 5.11 Å². The van der Waals surface area contributed by atoms with Gasteiger partial charge in [0, 0.05) is 18.1 Å². The van der Waals surface area contributed by atoms with Crippen molar-refractivity contribution in [2.24, 2.45) is 11.0 Å². The molecule has 3 rings (SSSR count). The Labute approximate surface area is 121 Å². The van der Waals surface area contributed by atoms with Crippen LogP contribution in [0.15, 0.2) is 35.4 Å². The molecule has 0 saturated heterocycles. The third-order valence-electron chi connectivity index (χ3n) is 4.05. The van der Waals surface area contributed by atoms with Crippen molar-refractivity contribution < 1.29 is 18.7 Å². The second-order valence-electron chi connectivity index (χ2n) is 5.70. The molecule has 2 aliphatic rings. The Bertz CT molecular complexity index is 591. The third kappa shape index (κ3) is 2.33. The highest BCUT2D eigenvalue weighted by Gasteiger charge is 2.56. The van der Waals surface area contributed by atoms with Crippen molar-refractivity contribution in [3.63, 3.8) is 0 Å². The smallest absolute Gasteiger partial charge is 0.287 e. The van der Waals surface area contributed by atoms with Crippen LogP contribution in [0.2, 0.25) is 0 Å². The number of halogens is 2. The number of hydrazone groups is 1. The molecule has 0 spiro atoms.